The molecular weight excluding hydrogens is 456 g/mol. The number of rotatable bonds is 8. The third kappa shape index (κ3) is 6.14. The third-order valence-electron chi connectivity index (χ3n) is 5.28. The van der Waals surface area contributed by atoms with Crippen molar-refractivity contribution in [3.63, 3.8) is 0 Å². The van der Waals surface area contributed by atoms with Crippen molar-refractivity contribution in [3.05, 3.63) is 41.5 Å². The van der Waals surface area contributed by atoms with Gasteiger partial charge in [0.15, 0.2) is 29.6 Å². The molecule has 2 aromatic rings. The summed E-state index contributed by atoms with van der Waals surface area (Å²) < 4.78 is 26.4. The third-order valence-corrected chi connectivity index (χ3v) is 5.28. The van der Waals surface area contributed by atoms with E-state index in [2.05, 4.69) is 10.6 Å². The Morgan fingerprint density at radius 1 is 1.00 bits per heavy atom. The second kappa shape index (κ2) is 10.5. The SMILES string of the molecule is COc1cc(NC(=O)C(C)(C)C)c(C(=O)OCC(=O)N[C@@H](C)c2ccc3c(c2)OCO3)cc1OC. The first-order chi connectivity index (χ1) is 16.5. The summed E-state index contributed by atoms with van der Waals surface area (Å²) in [6.07, 6.45) is 0. The first-order valence-corrected chi connectivity index (χ1v) is 11.0. The Hall–Kier alpha value is -3.95. The van der Waals surface area contributed by atoms with Crippen molar-refractivity contribution in [2.24, 2.45) is 5.41 Å². The molecule has 1 atom stereocenters. The van der Waals surface area contributed by atoms with Gasteiger partial charge >= 0.3 is 5.97 Å². The molecule has 3 rings (SSSR count). The van der Waals surface area contributed by atoms with Gasteiger partial charge < -0.3 is 34.3 Å². The van der Waals surface area contributed by atoms with E-state index >= 15 is 0 Å². The van der Waals surface area contributed by atoms with Crippen molar-refractivity contribution < 1.29 is 38.1 Å². The highest BCUT2D eigenvalue weighted by Gasteiger charge is 2.26. The molecule has 0 aromatic heterocycles. The second-order valence-electron chi connectivity index (χ2n) is 8.93. The van der Waals surface area contributed by atoms with Crippen LogP contribution in [-0.2, 0) is 14.3 Å². The zero-order valence-corrected chi connectivity index (χ0v) is 20.6. The Morgan fingerprint density at radius 2 is 1.66 bits per heavy atom. The van der Waals surface area contributed by atoms with E-state index in [9.17, 15) is 14.4 Å². The maximum Gasteiger partial charge on any atom is 0.340 e. The number of carbonyl (C=O) groups excluding carboxylic acids is 3. The molecule has 0 radical (unpaired) electrons. The highest BCUT2D eigenvalue weighted by atomic mass is 16.7. The lowest BCUT2D eigenvalue weighted by Crippen LogP contribution is -2.31. The topological polar surface area (TPSA) is 121 Å². The van der Waals surface area contributed by atoms with Crippen molar-refractivity contribution in [1.29, 1.82) is 0 Å². The zero-order valence-electron chi connectivity index (χ0n) is 20.6. The number of amides is 2. The van der Waals surface area contributed by atoms with E-state index in [0.717, 1.165) is 5.56 Å². The maximum atomic E-state index is 12.9. The Labute approximate surface area is 203 Å². The van der Waals surface area contributed by atoms with Gasteiger partial charge in [0.25, 0.3) is 5.91 Å². The number of anilines is 1. The van der Waals surface area contributed by atoms with E-state index in [1.54, 1.807) is 39.8 Å². The molecule has 2 N–H and O–H groups in total. The van der Waals surface area contributed by atoms with E-state index < -0.39 is 23.9 Å². The van der Waals surface area contributed by atoms with E-state index in [1.165, 1.54) is 26.4 Å². The predicted molar refractivity (Wildman–Crippen MR) is 127 cm³/mol. The van der Waals surface area contributed by atoms with Crippen LogP contribution in [0.4, 0.5) is 5.69 Å². The molecule has 0 spiro atoms. The molecule has 35 heavy (non-hydrogen) atoms. The Balaban J connectivity index is 1.69. The van der Waals surface area contributed by atoms with Crippen LogP contribution in [-0.4, -0.2) is 45.4 Å². The standard InChI is InChI=1S/C25H30N2O8/c1-14(15-7-8-18-21(9-15)35-13-34-18)26-22(28)12-33-23(29)16-10-19(31-5)20(32-6)11-17(16)27-24(30)25(2,3)4/h7-11,14H,12-13H2,1-6H3,(H,26,28)(H,27,30)/t14-/m0/s1. The number of nitrogens with one attached hydrogen (secondary N) is 2. The molecule has 0 fully saturated rings. The van der Waals surface area contributed by atoms with E-state index in [-0.39, 0.29) is 35.7 Å². The van der Waals surface area contributed by atoms with Gasteiger partial charge in [-0.25, -0.2) is 4.79 Å². The van der Waals surface area contributed by atoms with Crippen LogP contribution in [0.3, 0.4) is 0 Å². The fraction of sp³-hybridized carbons (Fsp3) is 0.400. The van der Waals surface area contributed by atoms with Gasteiger partial charge in [0, 0.05) is 17.5 Å². The average molecular weight is 487 g/mol. The maximum absolute atomic E-state index is 12.9. The van der Waals surface area contributed by atoms with Crippen molar-refractivity contribution >= 4 is 23.5 Å². The minimum absolute atomic E-state index is 0.0249. The van der Waals surface area contributed by atoms with Gasteiger partial charge in [-0.15, -0.1) is 0 Å². The van der Waals surface area contributed by atoms with E-state index in [1.807, 2.05) is 6.07 Å². The largest absolute Gasteiger partial charge is 0.493 e. The molecule has 0 aliphatic carbocycles. The molecule has 10 heteroatoms. The van der Waals surface area contributed by atoms with Crippen molar-refractivity contribution in [3.8, 4) is 23.0 Å². The summed E-state index contributed by atoms with van der Waals surface area (Å²) >= 11 is 0. The summed E-state index contributed by atoms with van der Waals surface area (Å²) in [7, 11) is 2.86. The lowest BCUT2D eigenvalue weighted by molar-refractivity contribution is -0.125. The first kappa shape index (κ1) is 25.7. The zero-order chi connectivity index (χ0) is 25.8. The number of esters is 1. The van der Waals surface area contributed by atoms with Crippen LogP contribution in [0.15, 0.2) is 30.3 Å². The molecule has 188 valence electrons. The molecule has 2 amide bonds. The van der Waals surface area contributed by atoms with Crippen LogP contribution in [0, 0.1) is 5.41 Å². The lowest BCUT2D eigenvalue weighted by atomic mass is 9.95. The highest BCUT2D eigenvalue weighted by molar-refractivity contribution is 6.04. The van der Waals surface area contributed by atoms with Crippen LogP contribution < -0.4 is 29.6 Å². The molecule has 2 aromatic carbocycles. The summed E-state index contributed by atoms with van der Waals surface area (Å²) in [6, 6.07) is 7.88. The van der Waals surface area contributed by atoms with Crippen LogP contribution in [0.25, 0.3) is 0 Å². The quantitative estimate of drug-likeness (QED) is 0.544. The molecule has 0 unspecified atom stereocenters. The van der Waals surface area contributed by atoms with Gasteiger partial charge in [-0.05, 0) is 24.6 Å². The molecule has 0 saturated heterocycles. The molecular formula is C25H30N2O8. The number of hydrogen-bond acceptors (Lipinski definition) is 8. The number of methoxy groups -OCH3 is 2. The minimum Gasteiger partial charge on any atom is -0.493 e. The number of fused-ring (bicyclic) bond motifs is 1. The van der Waals surface area contributed by atoms with Crippen molar-refractivity contribution in [1.82, 2.24) is 5.32 Å². The van der Waals surface area contributed by atoms with Crippen molar-refractivity contribution in [2.45, 2.75) is 33.7 Å². The molecule has 1 aliphatic heterocycles. The van der Waals surface area contributed by atoms with Crippen molar-refractivity contribution in [2.75, 3.05) is 32.9 Å². The summed E-state index contributed by atoms with van der Waals surface area (Å²) in [5.41, 5.74) is 0.304. The smallest absolute Gasteiger partial charge is 0.340 e. The van der Waals surface area contributed by atoms with E-state index in [0.29, 0.717) is 17.2 Å². The molecule has 10 nitrogen and oxygen atoms in total. The van der Waals surface area contributed by atoms with Gasteiger partial charge in [-0.1, -0.05) is 26.8 Å². The Bertz CT molecular complexity index is 1120. The normalized spacial score (nSPS) is 13.0. The number of benzene rings is 2. The van der Waals surface area contributed by atoms with Gasteiger partial charge in [0.2, 0.25) is 12.7 Å². The highest BCUT2D eigenvalue weighted by Crippen LogP contribution is 2.35. The number of ether oxygens (including phenoxy) is 5. The van der Waals surface area contributed by atoms with Crippen LogP contribution >= 0.6 is 0 Å². The fourth-order valence-corrected chi connectivity index (χ4v) is 3.22. The van der Waals surface area contributed by atoms with Gasteiger partial charge in [0.05, 0.1) is 31.5 Å². The number of hydrogen-bond donors (Lipinski definition) is 2. The Kier molecular flexibility index (Phi) is 7.73. The molecule has 0 saturated carbocycles. The second-order valence-corrected chi connectivity index (χ2v) is 8.93. The predicted octanol–water partition coefficient (Wildman–Crippen LogP) is 3.45. The summed E-state index contributed by atoms with van der Waals surface area (Å²) in [4.78, 5) is 37.9. The van der Waals surface area contributed by atoms with Crippen LogP contribution in [0.2, 0.25) is 0 Å². The average Bonchev–Trinajstić information content (AvgIpc) is 3.29. The summed E-state index contributed by atoms with van der Waals surface area (Å²) in [6.45, 7) is 6.66. The fourth-order valence-electron chi connectivity index (χ4n) is 3.22. The number of carbonyl (C=O) groups is 3. The van der Waals surface area contributed by atoms with Gasteiger partial charge in [0.1, 0.15) is 0 Å². The molecule has 1 aliphatic rings. The van der Waals surface area contributed by atoms with Gasteiger partial charge in [-0.2, -0.15) is 0 Å². The molecule has 0 bridgehead atoms. The Morgan fingerprint density at radius 3 is 2.31 bits per heavy atom. The minimum atomic E-state index is -0.805. The first-order valence-electron chi connectivity index (χ1n) is 11.0. The van der Waals surface area contributed by atoms with E-state index in [4.69, 9.17) is 23.7 Å². The molecule has 1 heterocycles. The van der Waals surface area contributed by atoms with Gasteiger partial charge in [-0.3, -0.25) is 9.59 Å². The van der Waals surface area contributed by atoms with Crippen LogP contribution in [0.1, 0.15) is 49.7 Å². The summed E-state index contributed by atoms with van der Waals surface area (Å²) in [5, 5.41) is 5.50. The summed E-state index contributed by atoms with van der Waals surface area (Å²) in [5.74, 6) is 0.232. The lowest BCUT2D eigenvalue weighted by Gasteiger charge is -2.20. The van der Waals surface area contributed by atoms with Crippen LogP contribution in [0.5, 0.6) is 23.0 Å². The monoisotopic (exact) mass is 486 g/mol.